The highest BCUT2D eigenvalue weighted by Crippen LogP contribution is 2.46. The second kappa shape index (κ2) is 4.44. The molecule has 20 heavy (non-hydrogen) atoms. The van der Waals surface area contributed by atoms with Gasteiger partial charge >= 0.3 is 0 Å². The quantitative estimate of drug-likeness (QED) is 0.869. The van der Waals surface area contributed by atoms with E-state index < -0.39 is 0 Å². The normalized spacial score (nSPS) is 18.4. The molecular weight excluding hydrogens is 272 g/mol. The maximum absolute atomic E-state index is 5.71. The second-order valence-corrected chi connectivity index (χ2v) is 6.51. The van der Waals surface area contributed by atoms with Crippen LogP contribution in [0.2, 0.25) is 0 Å². The Morgan fingerprint density at radius 2 is 2.00 bits per heavy atom. The van der Waals surface area contributed by atoms with Gasteiger partial charge in [-0.15, -0.1) is 10.2 Å². The Balaban J connectivity index is 1.68. The van der Waals surface area contributed by atoms with E-state index in [1.807, 2.05) is 13.0 Å². The first-order valence-corrected chi connectivity index (χ1v) is 7.76. The van der Waals surface area contributed by atoms with Gasteiger partial charge in [0, 0.05) is 17.7 Å². The summed E-state index contributed by atoms with van der Waals surface area (Å²) >= 11 is 1.54. The van der Waals surface area contributed by atoms with Crippen molar-refractivity contribution in [3.63, 3.8) is 0 Å². The highest BCUT2D eigenvalue weighted by molar-refractivity contribution is 7.99. The molecule has 0 radical (unpaired) electrons. The van der Waals surface area contributed by atoms with E-state index in [-0.39, 0.29) is 0 Å². The number of rotatable bonds is 4. The highest BCUT2D eigenvalue weighted by Gasteiger charge is 2.36. The minimum atomic E-state index is 0.312. The van der Waals surface area contributed by atoms with E-state index in [0.29, 0.717) is 17.9 Å². The van der Waals surface area contributed by atoms with Crippen molar-refractivity contribution in [1.29, 1.82) is 0 Å². The van der Waals surface area contributed by atoms with Crippen molar-refractivity contribution >= 4 is 17.7 Å². The maximum atomic E-state index is 5.71. The molecule has 0 spiro atoms. The van der Waals surface area contributed by atoms with Crippen molar-refractivity contribution in [3.8, 4) is 0 Å². The highest BCUT2D eigenvalue weighted by atomic mass is 32.2. The van der Waals surface area contributed by atoms with Crippen molar-refractivity contribution in [2.45, 2.75) is 54.7 Å². The lowest BCUT2D eigenvalue weighted by molar-refractivity contribution is 0.626. The van der Waals surface area contributed by atoms with Crippen LogP contribution in [-0.2, 0) is 0 Å². The van der Waals surface area contributed by atoms with Gasteiger partial charge in [-0.05, 0) is 50.4 Å². The first-order chi connectivity index (χ1) is 9.70. The molecule has 0 atom stereocenters. The van der Waals surface area contributed by atoms with Gasteiger partial charge in [0.05, 0.1) is 0 Å². The third-order valence-corrected chi connectivity index (χ3v) is 4.47. The Bertz CT molecular complexity index is 639. The topological polar surface area (TPSA) is 82.5 Å². The Morgan fingerprint density at radius 1 is 1.20 bits per heavy atom. The third-order valence-electron chi connectivity index (χ3n) is 3.59. The summed E-state index contributed by atoms with van der Waals surface area (Å²) in [7, 11) is 0. The van der Waals surface area contributed by atoms with Crippen LogP contribution >= 0.6 is 11.8 Å². The molecule has 0 aliphatic heterocycles. The average Bonchev–Trinajstić information content (AvgIpc) is 3.28. The molecule has 2 aromatic rings. The predicted molar refractivity (Wildman–Crippen MR) is 75.6 cm³/mol. The van der Waals surface area contributed by atoms with Gasteiger partial charge in [-0.3, -0.25) is 0 Å². The summed E-state index contributed by atoms with van der Waals surface area (Å²) < 4.78 is 2.32. The SMILES string of the molecule is Cc1cc(Sc2nnc(C3CC3)n2C2CC2)nc(N)n1. The zero-order valence-electron chi connectivity index (χ0n) is 11.3. The lowest BCUT2D eigenvalue weighted by atomic mass is 10.4. The number of aryl methyl sites for hydroxylation is 1. The molecule has 2 heterocycles. The lowest BCUT2D eigenvalue weighted by Gasteiger charge is -2.08. The van der Waals surface area contributed by atoms with Crippen LogP contribution in [0.3, 0.4) is 0 Å². The fraction of sp³-hybridized carbons (Fsp3) is 0.538. The van der Waals surface area contributed by atoms with Crippen LogP contribution < -0.4 is 5.73 Å². The minimum absolute atomic E-state index is 0.312. The zero-order valence-corrected chi connectivity index (χ0v) is 12.1. The van der Waals surface area contributed by atoms with Gasteiger partial charge in [-0.1, -0.05) is 0 Å². The predicted octanol–water partition coefficient (Wildman–Crippen LogP) is 2.32. The van der Waals surface area contributed by atoms with Gasteiger partial charge in [-0.25, -0.2) is 9.97 Å². The first kappa shape index (κ1) is 12.1. The summed E-state index contributed by atoms with van der Waals surface area (Å²) in [6.45, 7) is 1.92. The first-order valence-electron chi connectivity index (χ1n) is 6.94. The van der Waals surface area contributed by atoms with Crippen LogP contribution in [0.4, 0.5) is 5.95 Å². The van der Waals surface area contributed by atoms with Crippen LogP contribution in [-0.4, -0.2) is 24.7 Å². The lowest BCUT2D eigenvalue weighted by Crippen LogP contribution is -2.02. The van der Waals surface area contributed by atoms with E-state index in [4.69, 9.17) is 5.73 Å². The Labute approximate surface area is 121 Å². The van der Waals surface area contributed by atoms with Gasteiger partial charge < -0.3 is 10.3 Å². The molecule has 0 aromatic carbocycles. The van der Waals surface area contributed by atoms with E-state index in [1.165, 1.54) is 37.4 Å². The molecule has 0 unspecified atom stereocenters. The number of hydrogen-bond donors (Lipinski definition) is 1. The number of anilines is 1. The largest absolute Gasteiger partial charge is 0.368 e. The summed E-state index contributed by atoms with van der Waals surface area (Å²) in [5.41, 5.74) is 6.58. The summed E-state index contributed by atoms with van der Waals surface area (Å²) in [6.07, 6.45) is 4.96. The fourth-order valence-electron chi connectivity index (χ4n) is 2.36. The van der Waals surface area contributed by atoms with Crippen LogP contribution in [0.5, 0.6) is 0 Å². The van der Waals surface area contributed by atoms with Crippen LogP contribution in [0.15, 0.2) is 16.2 Å². The van der Waals surface area contributed by atoms with E-state index in [0.717, 1.165) is 21.7 Å². The van der Waals surface area contributed by atoms with Crippen LogP contribution in [0, 0.1) is 6.92 Å². The number of nitrogens with zero attached hydrogens (tertiary/aromatic N) is 5. The summed E-state index contributed by atoms with van der Waals surface area (Å²) in [5, 5.41) is 10.5. The molecule has 0 amide bonds. The molecule has 2 aliphatic rings. The monoisotopic (exact) mass is 288 g/mol. The number of aromatic nitrogens is 5. The summed E-state index contributed by atoms with van der Waals surface area (Å²) in [4.78, 5) is 8.37. The van der Waals surface area contributed by atoms with Gasteiger partial charge in [0.1, 0.15) is 10.9 Å². The standard InChI is InChI=1S/C13H16N6S/c1-7-6-10(16-12(14)15-7)20-13-18-17-11(8-2-3-8)19(13)9-4-5-9/h6,8-9H,2-5H2,1H3,(H2,14,15,16). The molecule has 4 rings (SSSR count). The molecule has 104 valence electrons. The van der Waals surface area contributed by atoms with E-state index in [1.54, 1.807) is 0 Å². The number of hydrogen-bond acceptors (Lipinski definition) is 6. The maximum Gasteiger partial charge on any atom is 0.221 e. The van der Waals surface area contributed by atoms with E-state index >= 15 is 0 Å². The number of nitrogen functional groups attached to an aromatic ring is 1. The summed E-state index contributed by atoms with van der Waals surface area (Å²) in [5.74, 6) is 2.09. The molecule has 7 heteroatoms. The van der Waals surface area contributed by atoms with E-state index in [9.17, 15) is 0 Å². The van der Waals surface area contributed by atoms with Crippen LogP contribution in [0.1, 0.15) is 49.2 Å². The Morgan fingerprint density at radius 3 is 2.65 bits per heavy atom. The zero-order chi connectivity index (χ0) is 13.7. The molecular formula is C13H16N6S. The van der Waals surface area contributed by atoms with Crippen molar-refractivity contribution in [3.05, 3.63) is 17.6 Å². The van der Waals surface area contributed by atoms with Gasteiger partial charge in [-0.2, -0.15) is 0 Å². The number of nitrogens with two attached hydrogens (primary N) is 1. The van der Waals surface area contributed by atoms with Crippen molar-refractivity contribution in [2.24, 2.45) is 0 Å². The van der Waals surface area contributed by atoms with Gasteiger partial charge in [0.2, 0.25) is 5.95 Å². The van der Waals surface area contributed by atoms with Crippen LogP contribution in [0.25, 0.3) is 0 Å². The van der Waals surface area contributed by atoms with Crippen molar-refractivity contribution in [1.82, 2.24) is 24.7 Å². The van der Waals surface area contributed by atoms with Crippen molar-refractivity contribution < 1.29 is 0 Å². The Hall–Kier alpha value is -1.63. The molecule has 2 aliphatic carbocycles. The third kappa shape index (κ3) is 2.26. The van der Waals surface area contributed by atoms with Crippen molar-refractivity contribution in [2.75, 3.05) is 5.73 Å². The summed E-state index contributed by atoms with van der Waals surface area (Å²) in [6, 6.07) is 2.52. The minimum Gasteiger partial charge on any atom is -0.368 e. The van der Waals surface area contributed by atoms with E-state index in [2.05, 4.69) is 24.7 Å². The second-order valence-electron chi connectivity index (χ2n) is 5.52. The Kier molecular flexibility index (Phi) is 2.70. The smallest absolute Gasteiger partial charge is 0.221 e. The molecule has 2 saturated carbocycles. The van der Waals surface area contributed by atoms with Gasteiger partial charge in [0.15, 0.2) is 5.16 Å². The molecule has 2 fully saturated rings. The molecule has 0 saturated heterocycles. The molecule has 0 bridgehead atoms. The molecule has 6 nitrogen and oxygen atoms in total. The fourth-order valence-corrected chi connectivity index (χ4v) is 3.34. The molecule has 2 N–H and O–H groups in total. The van der Waals surface area contributed by atoms with Gasteiger partial charge in [0.25, 0.3) is 0 Å². The molecule has 2 aromatic heterocycles. The average molecular weight is 288 g/mol.